The van der Waals surface area contributed by atoms with Crippen LogP contribution in [0.2, 0.25) is 0 Å². The standard InChI is InChI=1S/C24H26N12/c1-34-2-4-35(5-3-34)20-10-26-8-19-23(20)31-24(30-19)22-15-6-16(28-9-17(15)32-33-22)18-7-27-11-21(29-18)36-12-14(25)13-36/h6-11,14H,2-5,12-13,25H2,1H3,(H,30,31)(H,32,33). The normalized spacial score (nSPS) is 17.3. The zero-order valence-electron chi connectivity index (χ0n) is 19.9. The fourth-order valence-corrected chi connectivity index (χ4v) is 4.88. The van der Waals surface area contributed by atoms with Crippen LogP contribution in [0.1, 0.15) is 0 Å². The van der Waals surface area contributed by atoms with Gasteiger partial charge >= 0.3 is 0 Å². The molecule has 12 nitrogen and oxygen atoms in total. The van der Waals surface area contributed by atoms with E-state index in [0.29, 0.717) is 11.5 Å². The second-order valence-electron chi connectivity index (χ2n) is 9.55. The Labute approximate surface area is 206 Å². The van der Waals surface area contributed by atoms with Crippen LogP contribution in [0.15, 0.2) is 37.1 Å². The Kier molecular flexibility index (Phi) is 4.82. The van der Waals surface area contributed by atoms with E-state index in [0.717, 1.165) is 84.1 Å². The molecular formula is C24H26N12. The summed E-state index contributed by atoms with van der Waals surface area (Å²) in [6, 6.07) is 2.17. The van der Waals surface area contributed by atoms with Gasteiger partial charge in [0, 0.05) is 50.7 Å². The number of nitrogens with two attached hydrogens (primary N) is 1. The first-order chi connectivity index (χ1) is 17.6. The fraction of sp³-hybridized carbons (Fsp3) is 0.333. The van der Waals surface area contributed by atoms with Crippen LogP contribution >= 0.6 is 0 Å². The third kappa shape index (κ3) is 3.53. The van der Waals surface area contributed by atoms with Gasteiger partial charge in [0.2, 0.25) is 0 Å². The molecule has 0 amide bonds. The Hall–Kier alpha value is -4.16. The molecule has 0 radical (unpaired) electrons. The maximum Gasteiger partial charge on any atom is 0.159 e. The molecule has 7 heterocycles. The van der Waals surface area contributed by atoms with Crippen molar-refractivity contribution in [1.82, 2.24) is 45.0 Å². The van der Waals surface area contributed by atoms with Crippen LogP contribution in [0.4, 0.5) is 11.5 Å². The molecule has 5 aromatic rings. The van der Waals surface area contributed by atoms with Gasteiger partial charge in [0.1, 0.15) is 22.7 Å². The Morgan fingerprint density at radius 3 is 2.56 bits per heavy atom. The van der Waals surface area contributed by atoms with Crippen LogP contribution < -0.4 is 15.5 Å². The molecule has 4 N–H and O–H groups in total. The molecular weight excluding hydrogens is 456 g/mol. The van der Waals surface area contributed by atoms with E-state index in [2.05, 4.69) is 51.9 Å². The summed E-state index contributed by atoms with van der Waals surface area (Å²) in [6.07, 6.45) is 8.98. The van der Waals surface area contributed by atoms with Crippen molar-refractivity contribution in [1.29, 1.82) is 0 Å². The van der Waals surface area contributed by atoms with Crippen molar-refractivity contribution in [3.05, 3.63) is 37.1 Å². The van der Waals surface area contributed by atoms with Crippen molar-refractivity contribution in [3.63, 3.8) is 0 Å². The van der Waals surface area contributed by atoms with Crippen LogP contribution in [0.25, 0.3) is 44.8 Å². The van der Waals surface area contributed by atoms with Gasteiger partial charge in [-0.2, -0.15) is 5.10 Å². The Morgan fingerprint density at radius 1 is 0.889 bits per heavy atom. The van der Waals surface area contributed by atoms with E-state index in [1.165, 1.54) is 0 Å². The number of rotatable bonds is 4. The molecule has 2 aliphatic rings. The second kappa shape index (κ2) is 8.21. The molecule has 2 fully saturated rings. The summed E-state index contributed by atoms with van der Waals surface area (Å²) >= 11 is 0. The lowest BCUT2D eigenvalue weighted by atomic mass is 10.1. The van der Waals surface area contributed by atoms with Gasteiger partial charge in [-0.05, 0) is 13.1 Å². The molecule has 182 valence electrons. The lowest BCUT2D eigenvalue weighted by molar-refractivity contribution is 0.313. The monoisotopic (exact) mass is 482 g/mol. The summed E-state index contributed by atoms with van der Waals surface area (Å²) < 4.78 is 0. The molecule has 0 unspecified atom stereocenters. The Bertz CT molecular complexity index is 1560. The van der Waals surface area contributed by atoms with Crippen LogP contribution in [-0.4, -0.2) is 97.4 Å². The van der Waals surface area contributed by atoms with Crippen molar-refractivity contribution in [2.75, 3.05) is 56.1 Å². The smallest absolute Gasteiger partial charge is 0.159 e. The number of nitrogens with zero attached hydrogens (tertiary/aromatic N) is 9. The van der Waals surface area contributed by atoms with E-state index in [4.69, 9.17) is 15.7 Å². The van der Waals surface area contributed by atoms with Gasteiger partial charge in [-0.25, -0.2) is 9.97 Å². The van der Waals surface area contributed by atoms with E-state index in [1.807, 2.05) is 18.5 Å². The van der Waals surface area contributed by atoms with Gasteiger partial charge in [-0.1, -0.05) is 0 Å². The minimum absolute atomic E-state index is 0.189. The first kappa shape index (κ1) is 21.1. The lowest BCUT2D eigenvalue weighted by Gasteiger charge is -2.37. The highest BCUT2D eigenvalue weighted by atomic mass is 15.3. The number of anilines is 2. The van der Waals surface area contributed by atoms with Crippen molar-refractivity contribution in [3.8, 4) is 22.9 Å². The SMILES string of the molecule is CN1CCN(c2cncc3[nH]c(-c4n[nH]c5cnc(-c6cncc(N7CC(N)C7)n6)cc45)nc23)CC1. The molecule has 0 atom stereocenters. The molecule has 5 aromatic heterocycles. The number of pyridine rings is 2. The number of hydrogen-bond acceptors (Lipinski definition) is 10. The molecule has 7 rings (SSSR count). The number of imidazole rings is 1. The summed E-state index contributed by atoms with van der Waals surface area (Å²) in [5.74, 6) is 1.50. The van der Waals surface area contributed by atoms with Gasteiger partial charge in [0.15, 0.2) is 5.82 Å². The minimum Gasteiger partial charge on any atom is -0.366 e. The molecule has 12 heteroatoms. The molecule has 0 bridgehead atoms. The van der Waals surface area contributed by atoms with E-state index in [1.54, 1.807) is 18.6 Å². The molecule has 0 aromatic carbocycles. The van der Waals surface area contributed by atoms with Gasteiger partial charge < -0.3 is 25.4 Å². The van der Waals surface area contributed by atoms with Crippen LogP contribution in [-0.2, 0) is 0 Å². The lowest BCUT2D eigenvalue weighted by Crippen LogP contribution is -2.56. The summed E-state index contributed by atoms with van der Waals surface area (Å²) in [5.41, 5.74) is 11.7. The number of fused-ring (bicyclic) bond motifs is 2. The van der Waals surface area contributed by atoms with Gasteiger partial charge in [-0.3, -0.25) is 20.1 Å². The van der Waals surface area contributed by atoms with Gasteiger partial charge in [-0.15, -0.1) is 0 Å². The van der Waals surface area contributed by atoms with E-state index >= 15 is 0 Å². The molecule has 36 heavy (non-hydrogen) atoms. The maximum atomic E-state index is 5.93. The van der Waals surface area contributed by atoms with Crippen LogP contribution in [0.3, 0.4) is 0 Å². The predicted molar refractivity (Wildman–Crippen MR) is 138 cm³/mol. The zero-order chi connectivity index (χ0) is 24.2. The average molecular weight is 483 g/mol. The highest BCUT2D eigenvalue weighted by Gasteiger charge is 2.25. The van der Waals surface area contributed by atoms with Gasteiger partial charge in [0.25, 0.3) is 0 Å². The van der Waals surface area contributed by atoms with Crippen molar-refractivity contribution in [2.45, 2.75) is 6.04 Å². The highest BCUT2D eigenvalue weighted by molar-refractivity contribution is 5.96. The van der Waals surface area contributed by atoms with Gasteiger partial charge in [0.05, 0.1) is 53.4 Å². The molecule has 2 saturated heterocycles. The van der Waals surface area contributed by atoms with Crippen molar-refractivity contribution < 1.29 is 0 Å². The number of nitrogens with one attached hydrogen (secondary N) is 2. The van der Waals surface area contributed by atoms with Crippen LogP contribution in [0.5, 0.6) is 0 Å². The molecule has 0 saturated carbocycles. The number of aromatic amines is 2. The second-order valence-corrected chi connectivity index (χ2v) is 9.55. The number of likely N-dealkylation sites (N-methyl/N-ethyl adjacent to an activating group) is 1. The topological polar surface area (TPSA) is 145 Å². The summed E-state index contributed by atoms with van der Waals surface area (Å²) in [5, 5.41) is 8.56. The predicted octanol–water partition coefficient (Wildman–Crippen LogP) is 1.25. The molecule has 0 spiro atoms. The Morgan fingerprint density at radius 2 is 1.72 bits per heavy atom. The summed E-state index contributed by atoms with van der Waals surface area (Å²) in [7, 11) is 2.15. The number of H-pyrrole nitrogens is 2. The highest BCUT2D eigenvalue weighted by Crippen LogP contribution is 2.31. The summed E-state index contributed by atoms with van der Waals surface area (Å²) in [4.78, 5) is 33.4. The fourth-order valence-electron chi connectivity index (χ4n) is 4.88. The first-order valence-electron chi connectivity index (χ1n) is 12.1. The van der Waals surface area contributed by atoms with E-state index in [9.17, 15) is 0 Å². The molecule has 2 aliphatic heterocycles. The third-order valence-electron chi connectivity index (χ3n) is 7.01. The average Bonchev–Trinajstić information content (AvgIpc) is 3.51. The zero-order valence-corrected chi connectivity index (χ0v) is 19.9. The largest absolute Gasteiger partial charge is 0.366 e. The van der Waals surface area contributed by atoms with Crippen LogP contribution in [0, 0.1) is 0 Å². The van der Waals surface area contributed by atoms with Crippen molar-refractivity contribution in [2.24, 2.45) is 5.73 Å². The molecule has 0 aliphatic carbocycles. The Balaban J connectivity index is 1.26. The first-order valence-corrected chi connectivity index (χ1v) is 12.1. The van der Waals surface area contributed by atoms with E-state index < -0.39 is 0 Å². The quantitative estimate of drug-likeness (QED) is 0.342. The third-order valence-corrected chi connectivity index (χ3v) is 7.01. The number of aromatic nitrogens is 8. The minimum atomic E-state index is 0.189. The maximum absolute atomic E-state index is 5.93. The van der Waals surface area contributed by atoms with Crippen molar-refractivity contribution >= 4 is 33.4 Å². The van der Waals surface area contributed by atoms with E-state index in [-0.39, 0.29) is 6.04 Å². The number of hydrogen-bond donors (Lipinski definition) is 3. The summed E-state index contributed by atoms with van der Waals surface area (Å²) in [6.45, 7) is 5.50. The number of piperazine rings is 1.